The van der Waals surface area contributed by atoms with Gasteiger partial charge >= 0.3 is 0 Å². The minimum atomic E-state index is 0.191. The van der Waals surface area contributed by atoms with E-state index in [0.717, 1.165) is 62.7 Å². The Morgan fingerprint density at radius 2 is 1.89 bits per heavy atom. The molecule has 1 aliphatic carbocycles. The summed E-state index contributed by atoms with van der Waals surface area (Å²) in [6.45, 7) is 10.7. The van der Waals surface area contributed by atoms with Crippen molar-refractivity contribution in [3.8, 4) is 0 Å². The highest BCUT2D eigenvalue weighted by atomic mass is 32.2. The molecule has 8 heteroatoms. The Bertz CT molecular complexity index is 637. The van der Waals surface area contributed by atoms with Crippen LogP contribution in [0.4, 0.5) is 5.95 Å². The van der Waals surface area contributed by atoms with E-state index in [-0.39, 0.29) is 5.91 Å². The van der Waals surface area contributed by atoms with Crippen molar-refractivity contribution in [3.05, 3.63) is 0 Å². The Morgan fingerprint density at radius 1 is 1.21 bits per heavy atom. The summed E-state index contributed by atoms with van der Waals surface area (Å²) < 4.78 is 7.64. The number of hydrogen-bond donors (Lipinski definition) is 0. The van der Waals surface area contributed by atoms with Gasteiger partial charge in [0.05, 0.1) is 19.0 Å². The summed E-state index contributed by atoms with van der Waals surface area (Å²) in [5.41, 5.74) is 0. The molecule has 158 valence electrons. The summed E-state index contributed by atoms with van der Waals surface area (Å²) in [6.07, 6.45) is 4.69. The van der Waals surface area contributed by atoms with Crippen LogP contribution in [0.25, 0.3) is 0 Å². The summed E-state index contributed by atoms with van der Waals surface area (Å²) in [5.74, 6) is 2.79. The van der Waals surface area contributed by atoms with E-state index in [1.807, 2.05) is 11.9 Å². The van der Waals surface area contributed by atoms with Gasteiger partial charge in [-0.3, -0.25) is 9.36 Å². The fourth-order valence-electron chi connectivity index (χ4n) is 3.97. The van der Waals surface area contributed by atoms with Crippen LogP contribution in [0.3, 0.4) is 0 Å². The first kappa shape index (κ1) is 21.4. The van der Waals surface area contributed by atoms with Crippen molar-refractivity contribution in [2.24, 2.45) is 11.8 Å². The van der Waals surface area contributed by atoms with Crippen LogP contribution < -0.4 is 4.90 Å². The van der Waals surface area contributed by atoms with Crippen molar-refractivity contribution >= 4 is 23.6 Å². The third-order valence-corrected chi connectivity index (χ3v) is 6.74. The molecule has 1 saturated heterocycles. The van der Waals surface area contributed by atoms with Gasteiger partial charge in [-0.1, -0.05) is 32.5 Å². The number of thioether (sulfide) groups is 1. The molecule has 0 atom stereocenters. The summed E-state index contributed by atoms with van der Waals surface area (Å²) in [5, 5.41) is 9.71. The number of carbonyl (C=O) groups is 1. The number of carbonyl (C=O) groups excluding carboxylic acids is 1. The molecule has 0 radical (unpaired) electrons. The quantitative estimate of drug-likeness (QED) is 0.645. The minimum Gasteiger partial charge on any atom is -0.378 e. The maximum Gasteiger partial charge on any atom is 0.233 e. The fourth-order valence-corrected chi connectivity index (χ4v) is 4.84. The number of aromatic nitrogens is 3. The van der Waals surface area contributed by atoms with Crippen LogP contribution >= 0.6 is 11.8 Å². The van der Waals surface area contributed by atoms with Crippen molar-refractivity contribution in [2.75, 3.05) is 44.0 Å². The van der Waals surface area contributed by atoms with Crippen molar-refractivity contribution in [3.63, 3.8) is 0 Å². The van der Waals surface area contributed by atoms with Gasteiger partial charge < -0.3 is 14.5 Å². The van der Waals surface area contributed by atoms with Crippen molar-refractivity contribution < 1.29 is 9.53 Å². The number of anilines is 1. The molecular weight excluding hydrogens is 374 g/mol. The molecule has 7 nitrogen and oxygen atoms in total. The standard InChI is InChI=1S/C20H35N5O2S/c1-15(2)13-25-19(24-9-11-27-12-10-24)21-22-20(25)28-14-18(26)23(4)17-7-5-16(3)6-8-17/h15-17H,5-14H2,1-4H3. The molecule has 1 aromatic rings. The Morgan fingerprint density at radius 3 is 2.54 bits per heavy atom. The number of nitrogens with zero attached hydrogens (tertiary/aromatic N) is 5. The molecule has 2 aliphatic rings. The van der Waals surface area contributed by atoms with Gasteiger partial charge in [0, 0.05) is 32.7 Å². The highest BCUT2D eigenvalue weighted by Crippen LogP contribution is 2.28. The van der Waals surface area contributed by atoms with Crippen molar-refractivity contribution in [2.45, 2.75) is 64.2 Å². The summed E-state index contributed by atoms with van der Waals surface area (Å²) in [7, 11) is 1.96. The highest BCUT2D eigenvalue weighted by molar-refractivity contribution is 7.99. The fraction of sp³-hybridized carbons (Fsp3) is 0.850. The van der Waals surface area contributed by atoms with E-state index in [1.54, 1.807) is 0 Å². The predicted molar refractivity (Wildman–Crippen MR) is 113 cm³/mol. The van der Waals surface area contributed by atoms with Gasteiger partial charge in [0.2, 0.25) is 11.9 Å². The molecule has 2 heterocycles. The van der Waals surface area contributed by atoms with Crippen LogP contribution in [0.2, 0.25) is 0 Å². The van der Waals surface area contributed by atoms with Crippen LogP contribution in [0.5, 0.6) is 0 Å². The second-order valence-corrected chi connectivity index (χ2v) is 9.54. The summed E-state index contributed by atoms with van der Waals surface area (Å²) in [6, 6.07) is 0.391. The Labute approximate surface area is 173 Å². The van der Waals surface area contributed by atoms with Gasteiger partial charge in [0.1, 0.15) is 0 Å². The molecule has 28 heavy (non-hydrogen) atoms. The van der Waals surface area contributed by atoms with Gasteiger partial charge in [0.15, 0.2) is 5.16 Å². The Hall–Kier alpha value is -1.28. The highest BCUT2D eigenvalue weighted by Gasteiger charge is 2.26. The number of hydrogen-bond acceptors (Lipinski definition) is 6. The lowest BCUT2D eigenvalue weighted by molar-refractivity contribution is -0.129. The first-order chi connectivity index (χ1) is 13.5. The molecule has 1 aromatic heterocycles. The predicted octanol–water partition coefficient (Wildman–Crippen LogP) is 2.90. The van der Waals surface area contributed by atoms with E-state index < -0.39 is 0 Å². The average Bonchev–Trinajstić information content (AvgIpc) is 3.08. The largest absolute Gasteiger partial charge is 0.378 e. The van der Waals surface area contributed by atoms with Crippen molar-refractivity contribution in [1.82, 2.24) is 19.7 Å². The lowest BCUT2D eigenvalue weighted by atomic mass is 9.87. The molecule has 3 rings (SSSR count). The minimum absolute atomic E-state index is 0.191. The molecule has 0 spiro atoms. The second-order valence-electron chi connectivity index (χ2n) is 8.59. The normalized spacial score (nSPS) is 23.2. The van der Waals surface area contributed by atoms with Gasteiger partial charge in [-0.25, -0.2) is 0 Å². The lowest BCUT2D eigenvalue weighted by Crippen LogP contribution is -2.40. The van der Waals surface area contributed by atoms with E-state index in [4.69, 9.17) is 4.74 Å². The number of morpholine rings is 1. The van der Waals surface area contributed by atoms with E-state index in [2.05, 4.69) is 40.4 Å². The number of ether oxygens (including phenoxy) is 1. The van der Waals surface area contributed by atoms with Crippen LogP contribution in [-0.2, 0) is 16.1 Å². The molecule has 1 amide bonds. The van der Waals surface area contributed by atoms with E-state index >= 15 is 0 Å². The SMILES string of the molecule is CC(C)Cn1c(SCC(=O)N(C)C2CCC(C)CC2)nnc1N1CCOCC1. The van der Waals surface area contributed by atoms with E-state index in [0.29, 0.717) is 17.7 Å². The van der Waals surface area contributed by atoms with Crippen LogP contribution in [0, 0.1) is 11.8 Å². The summed E-state index contributed by atoms with van der Waals surface area (Å²) in [4.78, 5) is 17.0. The van der Waals surface area contributed by atoms with Gasteiger partial charge in [-0.05, 0) is 37.5 Å². The third-order valence-electron chi connectivity index (χ3n) is 5.79. The topological polar surface area (TPSA) is 63.5 Å². The first-order valence-corrected chi connectivity index (χ1v) is 11.6. The summed E-state index contributed by atoms with van der Waals surface area (Å²) >= 11 is 1.52. The lowest BCUT2D eigenvalue weighted by Gasteiger charge is -2.33. The molecule has 0 aromatic carbocycles. The molecule has 1 saturated carbocycles. The molecule has 0 unspecified atom stereocenters. The zero-order chi connectivity index (χ0) is 20.1. The van der Waals surface area contributed by atoms with Crippen LogP contribution in [0.15, 0.2) is 5.16 Å². The van der Waals surface area contributed by atoms with Crippen LogP contribution in [-0.4, -0.2) is 70.7 Å². The first-order valence-electron chi connectivity index (χ1n) is 10.6. The molecule has 1 aliphatic heterocycles. The van der Waals surface area contributed by atoms with Gasteiger partial charge in [-0.15, -0.1) is 10.2 Å². The second kappa shape index (κ2) is 9.96. The third kappa shape index (κ3) is 5.41. The molecular formula is C20H35N5O2S. The average molecular weight is 410 g/mol. The Kier molecular flexibility index (Phi) is 7.62. The van der Waals surface area contributed by atoms with Gasteiger partial charge in [0.25, 0.3) is 0 Å². The molecule has 0 N–H and O–H groups in total. The zero-order valence-corrected chi connectivity index (χ0v) is 18.6. The van der Waals surface area contributed by atoms with Crippen molar-refractivity contribution in [1.29, 1.82) is 0 Å². The molecule has 2 fully saturated rings. The van der Waals surface area contributed by atoms with Gasteiger partial charge in [-0.2, -0.15) is 0 Å². The maximum absolute atomic E-state index is 12.8. The maximum atomic E-state index is 12.8. The number of rotatable bonds is 7. The smallest absolute Gasteiger partial charge is 0.233 e. The Balaban J connectivity index is 1.62. The van der Waals surface area contributed by atoms with E-state index in [9.17, 15) is 4.79 Å². The zero-order valence-electron chi connectivity index (χ0n) is 17.8. The number of amides is 1. The monoisotopic (exact) mass is 409 g/mol. The van der Waals surface area contributed by atoms with Crippen LogP contribution in [0.1, 0.15) is 46.5 Å². The molecule has 0 bridgehead atoms. The van der Waals surface area contributed by atoms with E-state index in [1.165, 1.54) is 24.6 Å².